The summed E-state index contributed by atoms with van der Waals surface area (Å²) in [7, 11) is 1.35. The fourth-order valence-electron chi connectivity index (χ4n) is 3.68. The smallest absolute Gasteiger partial charge is 0.340 e. The summed E-state index contributed by atoms with van der Waals surface area (Å²) in [5, 5.41) is 3.09. The van der Waals surface area contributed by atoms with E-state index in [-0.39, 0.29) is 5.91 Å². The second kappa shape index (κ2) is 7.89. The normalized spacial score (nSPS) is 10.9. The summed E-state index contributed by atoms with van der Waals surface area (Å²) in [4.78, 5) is 25.6. The third-order valence-corrected chi connectivity index (χ3v) is 5.18. The number of aromatic nitrogens is 1. The highest BCUT2D eigenvalue weighted by Crippen LogP contribution is 2.27. The molecule has 3 rings (SSSR count). The van der Waals surface area contributed by atoms with Crippen molar-refractivity contribution in [1.29, 1.82) is 0 Å². The predicted octanol–water partition coefficient (Wildman–Crippen LogP) is 4.72. The van der Waals surface area contributed by atoms with Crippen LogP contribution in [-0.4, -0.2) is 23.4 Å². The van der Waals surface area contributed by atoms with Crippen molar-refractivity contribution in [3.63, 3.8) is 0 Å². The van der Waals surface area contributed by atoms with Gasteiger partial charge in [-0.15, -0.1) is 0 Å². The zero-order valence-electron chi connectivity index (χ0n) is 17.1. The number of esters is 1. The predicted molar refractivity (Wildman–Crippen MR) is 111 cm³/mol. The first-order valence-corrected chi connectivity index (χ1v) is 9.54. The zero-order chi connectivity index (χ0) is 20.4. The van der Waals surface area contributed by atoms with E-state index in [1.807, 2.05) is 48.6 Å². The van der Waals surface area contributed by atoms with Crippen molar-refractivity contribution in [3.8, 4) is 0 Å². The third-order valence-electron chi connectivity index (χ3n) is 5.18. The molecule has 146 valence electrons. The number of pyridine rings is 1. The fourth-order valence-corrected chi connectivity index (χ4v) is 3.68. The van der Waals surface area contributed by atoms with Gasteiger partial charge < -0.3 is 14.5 Å². The summed E-state index contributed by atoms with van der Waals surface area (Å²) in [6.45, 7) is 7.98. The molecule has 0 saturated heterocycles. The zero-order valence-corrected chi connectivity index (χ0v) is 17.1. The Hall–Kier alpha value is -3.08. The maximum absolute atomic E-state index is 13.3. The number of amides is 1. The monoisotopic (exact) mass is 378 g/mol. The van der Waals surface area contributed by atoms with Gasteiger partial charge in [-0.3, -0.25) is 4.79 Å². The number of fused-ring (bicyclic) bond motifs is 1. The molecule has 3 aromatic rings. The van der Waals surface area contributed by atoms with Crippen molar-refractivity contribution in [1.82, 2.24) is 4.40 Å². The van der Waals surface area contributed by atoms with Crippen LogP contribution in [0.3, 0.4) is 0 Å². The average molecular weight is 378 g/mol. The van der Waals surface area contributed by atoms with Gasteiger partial charge in [-0.05, 0) is 55.5 Å². The summed E-state index contributed by atoms with van der Waals surface area (Å²) in [5.41, 5.74) is 6.35. The molecular formula is C23H26N2O3. The lowest BCUT2D eigenvalue weighted by Gasteiger charge is -2.15. The number of hydrogen-bond acceptors (Lipinski definition) is 3. The molecule has 28 heavy (non-hydrogen) atoms. The molecule has 0 atom stereocenters. The van der Waals surface area contributed by atoms with Crippen LogP contribution < -0.4 is 5.32 Å². The molecule has 0 spiro atoms. The number of carbonyl (C=O) groups excluding carboxylic acids is 2. The summed E-state index contributed by atoms with van der Waals surface area (Å²) < 4.78 is 6.77. The van der Waals surface area contributed by atoms with Crippen molar-refractivity contribution in [2.45, 2.75) is 40.5 Å². The van der Waals surface area contributed by atoms with E-state index in [0.29, 0.717) is 16.8 Å². The van der Waals surface area contributed by atoms with Crippen molar-refractivity contribution >= 4 is 23.1 Å². The van der Waals surface area contributed by atoms with Crippen LogP contribution in [0.5, 0.6) is 0 Å². The van der Waals surface area contributed by atoms with Crippen molar-refractivity contribution in [2.75, 3.05) is 12.4 Å². The van der Waals surface area contributed by atoms with Gasteiger partial charge in [0.05, 0.1) is 18.2 Å². The van der Waals surface area contributed by atoms with E-state index in [4.69, 9.17) is 4.74 Å². The number of hydrogen-bond donors (Lipinski definition) is 1. The Balaban J connectivity index is 2.16. The van der Waals surface area contributed by atoms with Crippen LogP contribution in [0.1, 0.15) is 57.1 Å². The second-order valence-corrected chi connectivity index (χ2v) is 6.89. The molecule has 2 aromatic heterocycles. The molecule has 1 N–H and O–H groups in total. The van der Waals surface area contributed by atoms with Gasteiger partial charge in [-0.25, -0.2) is 4.79 Å². The van der Waals surface area contributed by atoms with Gasteiger partial charge in [0.1, 0.15) is 5.69 Å². The van der Waals surface area contributed by atoms with Gasteiger partial charge in [0.2, 0.25) is 0 Å². The topological polar surface area (TPSA) is 59.8 Å². The Labute approximate surface area is 165 Å². The van der Waals surface area contributed by atoms with Gasteiger partial charge in [0, 0.05) is 11.4 Å². The number of nitrogens with one attached hydrogen (secondary N) is 1. The molecule has 2 heterocycles. The van der Waals surface area contributed by atoms with E-state index in [1.165, 1.54) is 7.11 Å². The lowest BCUT2D eigenvalue weighted by molar-refractivity contribution is 0.0603. The molecule has 5 nitrogen and oxygen atoms in total. The number of methoxy groups -OCH3 is 1. The van der Waals surface area contributed by atoms with E-state index in [9.17, 15) is 9.59 Å². The van der Waals surface area contributed by atoms with Crippen LogP contribution >= 0.6 is 0 Å². The molecule has 0 radical (unpaired) electrons. The molecule has 1 amide bonds. The Morgan fingerprint density at radius 1 is 1.04 bits per heavy atom. The minimum atomic E-state index is -0.451. The Morgan fingerprint density at radius 2 is 1.68 bits per heavy atom. The number of para-hydroxylation sites is 1. The summed E-state index contributed by atoms with van der Waals surface area (Å²) >= 11 is 0. The highest BCUT2D eigenvalue weighted by Gasteiger charge is 2.23. The van der Waals surface area contributed by atoms with Gasteiger partial charge in [0.15, 0.2) is 0 Å². The van der Waals surface area contributed by atoms with Gasteiger partial charge in [0.25, 0.3) is 5.91 Å². The Morgan fingerprint density at radius 3 is 2.25 bits per heavy atom. The SMILES string of the molecule is CCc1cccc(CC)c1NC(=O)c1cc(C(=O)OC)c2c(C)ccc(C)n12. The number of benzene rings is 1. The van der Waals surface area contributed by atoms with Gasteiger partial charge >= 0.3 is 5.97 Å². The van der Waals surface area contributed by atoms with Crippen LogP contribution in [0.25, 0.3) is 5.52 Å². The van der Waals surface area contributed by atoms with Gasteiger partial charge in [-0.2, -0.15) is 0 Å². The van der Waals surface area contributed by atoms with E-state index in [2.05, 4.69) is 19.2 Å². The molecular weight excluding hydrogens is 352 g/mol. The first-order chi connectivity index (χ1) is 13.4. The quantitative estimate of drug-likeness (QED) is 0.654. The molecule has 0 aliphatic heterocycles. The molecule has 0 aliphatic carbocycles. The van der Waals surface area contributed by atoms with Crippen molar-refractivity contribution < 1.29 is 14.3 Å². The molecule has 0 aliphatic rings. The molecule has 0 fully saturated rings. The molecule has 0 unspecified atom stereocenters. The number of rotatable bonds is 5. The van der Waals surface area contributed by atoms with E-state index >= 15 is 0 Å². The Kier molecular flexibility index (Phi) is 5.54. The van der Waals surface area contributed by atoms with Crippen molar-refractivity contribution in [3.05, 3.63) is 70.0 Å². The van der Waals surface area contributed by atoms with E-state index < -0.39 is 5.97 Å². The first-order valence-electron chi connectivity index (χ1n) is 9.54. The first kappa shape index (κ1) is 19.7. The largest absolute Gasteiger partial charge is 0.465 e. The third kappa shape index (κ3) is 3.28. The average Bonchev–Trinajstić information content (AvgIpc) is 3.12. The summed E-state index contributed by atoms with van der Waals surface area (Å²) in [6.07, 6.45) is 1.65. The number of carbonyl (C=O) groups is 2. The maximum atomic E-state index is 13.3. The number of nitrogens with zero attached hydrogens (tertiary/aromatic N) is 1. The van der Waals surface area contributed by atoms with Crippen LogP contribution in [0.4, 0.5) is 5.69 Å². The van der Waals surface area contributed by atoms with Crippen LogP contribution in [0, 0.1) is 13.8 Å². The highest BCUT2D eigenvalue weighted by atomic mass is 16.5. The second-order valence-electron chi connectivity index (χ2n) is 6.89. The van der Waals surface area contributed by atoms with Crippen LogP contribution in [-0.2, 0) is 17.6 Å². The maximum Gasteiger partial charge on any atom is 0.340 e. The number of aryl methyl sites for hydroxylation is 4. The standard InChI is InChI=1S/C23H26N2O3/c1-6-16-9-8-10-17(7-2)20(16)24-22(26)19-13-18(23(27)28-5)21-14(3)11-12-15(4)25(19)21/h8-13H,6-7H2,1-5H3,(H,24,26). The number of ether oxygens (including phenoxy) is 1. The highest BCUT2D eigenvalue weighted by molar-refractivity contribution is 6.09. The van der Waals surface area contributed by atoms with Crippen LogP contribution in [0.15, 0.2) is 36.4 Å². The molecule has 1 aromatic carbocycles. The van der Waals surface area contributed by atoms with E-state index in [1.54, 1.807) is 6.07 Å². The van der Waals surface area contributed by atoms with Gasteiger partial charge in [-0.1, -0.05) is 38.1 Å². The van der Waals surface area contributed by atoms with E-state index in [0.717, 1.165) is 40.9 Å². The Bertz CT molecular complexity index is 1040. The molecule has 0 saturated carbocycles. The number of anilines is 1. The summed E-state index contributed by atoms with van der Waals surface area (Å²) in [6, 6.07) is 11.6. The minimum absolute atomic E-state index is 0.241. The molecule has 5 heteroatoms. The van der Waals surface area contributed by atoms with Crippen molar-refractivity contribution in [2.24, 2.45) is 0 Å². The minimum Gasteiger partial charge on any atom is -0.465 e. The lowest BCUT2D eigenvalue weighted by atomic mass is 10.0. The summed E-state index contributed by atoms with van der Waals surface area (Å²) in [5.74, 6) is -0.692. The lowest BCUT2D eigenvalue weighted by Crippen LogP contribution is -2.17. The van der Waals surface area contributed by atoms with Crippen LogP contribution in [0.2, 0.25) is 0 Å². The fraction of sp³-hybridized carbons (Fsp3) is 0.304. The molecule has 0 bridgehead atoms.